The summed E-state index contributed by atoms with van der Waals surface area (Å²) >= 11 is 1.88. The Balaban J connectivity index is 1.11. The average Bonchev–Trinajstić information content (AvgIpc) is 3.51. The van der Waals surface area contributed by atoms with Gasteiger partial charge in [0.05, 0.1) is 45.1 Å². The number of amides is 5. The topological polar surface area (TPSA) is 173 Å². The van der Waals surface area contributed by atoms with Gasteiger partial charge in [0.1, 0.15) is 6.42 Å². The number of carbonyl (C=O) groups is 5. The van der Waals surface area contributed by atoms with E-state index in [1.54, 1.807) is 31.2 Å². The van der Waals surface area contributed by atoms with Crippen molar-refractivity contribution in [1.82, 2.24) is 21.3 Å². The van der Waals surface area contributed by atoms with Crippen LogP contribution in [0.5, 0.6) is 0 Å². The van der Waals surface area contributed by atoms with E-state index in [1.165, 1.54) is 0 Å². The number of thioether (sulfide) groups is 1. The summed E-state index contributed by atoms with van der Waals surface area (Å²) < 4.78 is 15.7. The van der Waals surface area contributed by atoms with Crippen LogP contribution in [0, 0.1) is 0 Å². The SMILES string of the molecule is CCOC(=O)CC(=O)Nc1ccc(C(=O)NCCOCCOCCNC(=O)CCCC[C@@H]2SC[C@H]3NC(=O)N[C@@H]23)cc1. The van der Waals surface area contributed by atoms with E-state index >= 15 is 0 Å². The first-order chi connectivity index (χ1) is 20.4. The Hall–Kier alpha value is -3.36. The first kappa shape index (κ1) is 33.1. The van der Waals surface area contributed by atoms with Gasteiger partial charge in [0.25, 0.3) is 5.91 Å². The lowest BCUT2D eigenvalue weighted by atomic mass is 10.0. The Kier molecular flexibility index (Phi) is 14.4. The molecule has 0 aliphatic carbocycles. The zero-order chi connectivity index (χ0) is 30.2. The van der Waals surface area contributed by atoms with Crippen LogP contribution in [0.3, 0.4) is 0 Å². The highest BCUT2D eigenvalue weighted by Crippen LogP contribution is 2.33. The van der Waals surface area contributed by atoms with Gasteiger partial charge in [-0.25, -0.2) is 4.79 Å². The molecular weight excluding hydrogens is 566 g/mol. The second kappa shape index (κ2) is 18.2. The van der Waals surface area contributed by atoms with Gasteiger partial charge in [0.2, 0.25) is 11.8 Å². The lowest BCUT2D eigenvalue weighted by molar-refractivity contribution is -0.145. The van der Waals surface area contributed by atoms with Gasteiger partial charge in [-0.3, -0.25) is 19.2 Å². The zero-order valence-corrected chi connectivity index (χ0v) is 24.7. The maximum absolute atomic E-state index is 12.3. The molecule has 1 aromatic rings. The van der Waals surface area contributed by atoms with E-state index in [-0.39, 0.29) is 43.0 Å². The molecule has 0 unspecified atom stereocenters. The molecule has 0 saturated carbocycles. The number of hydrogen-bond donors (Lipinski definition) is 5. The van der Waals surface area contributed by atoms with E-state index < -0.39 is 11.9 Å². The Morgan fingerprint density at radius 1 is 0.929 bits per heavy atom. The summed E-state index contributed by atoms with van der Waals surface area (Å²) in [4.78, 5) is 58.9. The predicted octanol–water partition coefficient (Wildman–Crippen LogP) is 1.18. The fourth-order valence-corrected chi connectivity index (χ4v) is 6.08. The number of unbranched alkanes of at least 4 members (excludes halogenated alkanes) is 1. The van der Waals surface area contributed by atoms with Crippen molar-refractivity contribution in [1.29, 1.82) is 0 Å². The maximum Gasteiger partial charge on any atom is 0.315 e. The van der Waals surface area contributed by atoms with Gasteiger partial charge in [-0.1, -0.05) is 6.42 Å². The van der Waals surface area contributed by atoms with E-state index in [4.69, 9.17) is 14.2 Å². The number of anilines is 1. The number of esters is 1. The first-order valence-corrected chi connectivity index (χ1v) is 15.3. The van der Waals surface area contributed by atoms with Crippen molar-refractivity contribution in [3.8, 4) is 0 Å². The molecule has 3 rings (SSSR count). The van der Waals surface area contributed by atoms with Crippen LogP contribution >= 0.6 is 11.8 Å². The summed E-state index contributed by atoms with van der Waals surface area (Å²) in [5, 5.41) is 14.5. The molecule has 2 saturated heterocycles. The minimum atomic E-state index is -0.598. The summed E-state index contributed by atoms with van der Waals surface area (Å²) in [6, 6.07) is 6.66. The number of rotatable bonds is 19. The van der Waals surface area contributed by atoms with Crippen LogP contribution in [0.25, 0.3) is 0 Å². The summed E-state index contributed by atoms with van der Waals surface area (Å²) in [7, 11) is 0. The third-order valence-electron chi connectivity index (χ3n) is 6.59. The molecule has 2 aliphatic rings. The normalized spacial score (nSPS) is 18.9. The molecule has 1 aromatic carbocycles. The summed E-state index contributed by atoms with van der Waals surface area (Å²) in [6.07, 6.45) is 2.85. The highest BCUT2D eigenvalue weighted by atomic mass is 32.2. The molecule has 3 atom stereocenters. The minimum absolute atomic E-state index is 0.00627. The number of nitrogens with one attached hydrogen (secondary N) is 5. The van der Waals surface area contributed by atoms with Crippen LogP contribution in [0.4, 0.5) is 10.5 Å². The van der Waals surface area contributed by atoms with Crippen molar-refractivity contribution in [2.24, 2.45) is 0 Å². The highest BCUT2D eigenvalue weighted by Gasteiger charge is 2.42. The second-order valence-electron chi connectivity index (χ2n) is 9.81. The summed E-state index contributed by atoms with van der Waals surface area (Å²) in [5.41, 5.74) is 0.891. The van der Waals surface area contributed by atoms with Crippen molar-refractivity contribution in [2.75, 3.05) is 57.2 Å². The molecule has 2 fully saturated rings. The van der Waals surface area contributed by atoms with E-state index in [2.05, 4.69) is 26.6 Å². The Morgan fingerprint density at radius 3 is 2.36 bits per heavy atom. The summed E-state index contributed by atoms with van der Waals surface area (Å²) in [6.45, 7) is 4.07. The third kappa shape index (κ3) is 11.9. The van der Waals surface area contributed by atoms with E-state index in [0.29, 0.717) is 62.4 Å². The largest absolute Gasteiger partial charge is 0.466 e. The zero-order valence-electron chi connectivity index (χ0n) is 23.9. The highest BCUT2D eigenvalue weighted by molar-refractivity contribution is 8.00. The van der Waals surface area contributed by atoms with Crippen LogP contribution in [0.15, 0.2) is 24.3 Å². The standard InChI is InChI=1S/C28H41N5O8S/c1-2-41-25(36)17-24(35)31-20-9-7-19(8-10-20)27(37)30-12-14-40-16-15-39-13-11-29-23(34)6-4-3-5-22-26-21(18-42-22)32-28(38)33-26/h7-10,21-22,26H,2-6,11-18H2,1H3,(H,29,34)(H,30,37)(H,31,35)(H2,32,33,38)/t21-,22+,26-/m1/s1. The molecule has 14 heteroatoms. The average molecular weight is 608 g/mol. The Morgan fingerprint density at radius 2 is 1.64 bits per heavy atom. The summed E-state index contributed by atoms with van der Waals surface area (Å²) in [5.74, 6) is -0.416. The van der Waals surface area contributed by atoms with Crippen molar-refractivity contribution >= 4 is 47.2 Å². The van der Waals surface area contributed by atoms with Gasteiger partial charge >= 0.3 is 12.0 Å². The van der Waals surface area contributed by atoms with Crippen molar-refractivity contribution < 1.29 is 38.2 Å². The van der Waals surface area contributed by atoms with Gasteiger partial charge in [-0.15, -0.1) is 0 Å². The monoisotopic (exact) mass is 607 g/mol. The lowest BCUT2D eigenvalue weighted by Gasteiger charge is -2.16. The quantitative estimate of drug-likeness (QED) is 0.0670. The molecule has 0 spiro atoms. The number of hydrogen-bond acceptors (Lipinski definition) is 9. The van der Waals surface area contributed by atoms with Gasteiger partial charge in [-0.05, 0) is 44.0 Å². The molecule has 42 heavy (non-hydrogen) atoms. The van der Waals surface area contributed by atoms with E-state index in [0.717, 1.165) is 25.0 Å². The third-order valence-corrected chi connectivity index (χ3v) is 8.10. The molecule has 0 radical (unpaired) electrons. The fourth-order valence-electron chi connectivity index (χ4n) is 4.54. The van der Waals surface area contributed by atoms with Gasteiger partial charge in [-0.2, -0.15) is 11.8 Å². The molecule has 5 N–H and O–H groups in total. The molecule has 232 valence electrons. The maximum atomic E-state index is 12.3. The van der Waals surface area contributed by atoms with E-state index in [1.807, 2.05) is 11.8 Å². The predicted molar refractivity (Wildman–Crippen MR) is 157 cm³/mol. The number of carbonyl (C=O) groups excluding carboxylic acids is 5. The van der Waals surface area contributed by atoms with E-state index in [9.17, 15) is 24.0 Å². The fraction of sp³-hybridized carbons (Fsp3) is 0.607. The van der Waals surface area contributed by atoms with Crippen LogP contribution in [-0.4, -0.2) is 98.9 Å². The molecule has 13 nitrogen and oxygen atoms in total. The van der Waals surface area contributed by atoms with Gasteiger partial charge in [0.15, 0.2) is 0 Å². The Bertz CT molecular complexity index is 1060. The number of benzene rings is 1. The van der Waals surface area contributed by atoms with Crippen LogP contribution < -0.4 is 26.6 Å². The van der Waals surface area contributed by atoms with Crippen molar-refractivity contribution in [2.45, 2.75) is 56.4 Å². The molecule has 5 amide bonds. The molecule has 2 heterocycles. The van der Waals surface area contributed by atoms with Gasteiger partial charge in [0, 0.05) is 41.8 Å². The lowest BCUT2D eigenvalue weighted by Crippen LogP contribution is -2.36. The molecule has 0 bridgehead atoms. The second-order valence-corrected chi connectivity index (χ2v) is 11.1. The number of ether oxygens (including phenoxy) is 3. The molecular formula is C28H41N5O8S. The number of fused-ring (bicyclic) bond motifs is 1. The minimum Gasteiger partial charge on any atom is -0.466 e. The smallest absolute Gasteiger partial charge is 0.315 e. The Labute approximate surface area is 249 Å². The molecule has 2 aliphatic heterocycles. The van der Waals surface area contributed by atoms with Crippen LogP contribution in [0.1, 0.15) is 49.4 Å². The van der Waals surface area contributed by atoms with Gasteiger partial charge < -0.3 is 40.8 Å². The van der Waals surface area contributed by atoms with Crippen molar-refractivity contribution in [3.05, 3.63) is 29.8 Å². The van der Waals surface area contributed by atoms with Crippen molar-refractivity contribution in [3.63, 3.8) is 0 Å². The first-order valence-electron chi connectivity index (χ1n) is 14.3. The van der Waals surface area contributed by atoms with Crippen LogP contribution in [0.2, 0.25) is 0 Å². The molecule has 0 aromatic heterocycles. The van der Waals surface area contributed by atoms with Crippen LogP contribution in [-0.2, 0) is 28.6 Å². The number of urea groups is 1.